The zero-order valence-corrected chi connectivity index (χ0v) is 15.5. The summed E-state index contributed by atoms with van der Waals surface area (Å²) in [6, 6.07) is 12.1. The van der Waals surface area contributed by atoms with Crippen LogP contribution >= 0.6 is 11.8 Å². The molecule has 5 rings (SSSR count). The number of nitrogens with zero attached hydrogens (tertiary/aromatic N) is 3. The van der Waals surface area contributed by atoms with E-state index in [4.69, 9.17) is 10.1 Å². The lowest BCUT2D eigenvalue weighted by Crippen LogP contribution is -2.31. The van der Waals surface area contributed by atoms with E-state index in [1.807, 2.05) is 41.3 Å². The number of aromatic amines is 1. The van der Waals surface area contributed by atoms with Gasteiger partial charge in [-0.25, -0.2) is 4.68 Å². The van der Waals surface area contributed by atoms with E-state index in [1.54, 1.807) is 11.8 Å². The van der Waals surface area contributed by atoms with Gasteiger partial charge in [0.05, 0.1) is 0 Å². The maximum Gasteiger partial charge on any atom is 0.227 e. The zero-order chi connectivity index (χ0) is 18.2. The van der Waals surface area contributed by atoms with Crippen molar-refractivity contribution in [3.8, 4) is 0 Å². The van der Waals surface area contributed by atoms with E-state index in [0.717, 1.165) is 35.4 Å². The van der Waals surface area contributed by atoms with Crippen molar-refractivity contribution in [3.05, 3.63) is 71.2 Å². The van der Waals surface area contributed by atoms with E-state index >= 15 is 0 Å². The van der Waals surface area contributed by atoms with Crippen LogP contribution in [0.1, 0.15) is 36.4 Å². The Bertz CT molecular complexity index is 1010. The molecule has 0 saturated heterocycles. The van der Waals surface area contributed by atoms with Gasteiger partial charge in [0, 0.05) is 35.8 Å². The molecular weight excluding hydrogens is 358 g/mol. The summed E-state index contributed by atoms with van der Waals surface area (Å²) in [6.45, 7) is 0. The van der Waals surface area contributed by atoms with E-state index in [9.17, 15) is 4.79 Å². The minimum absolute atomic E-state index is 0.203. The maximum absolute atomic E-state index is 12.7. The molecule has 136 valence electrons. The first-order valence-electron chi connectivity index (χ1n) is 9.09. The third-order valence-electron chi connectivity index (χ3n) is 5.00. The van der Waals surface area contributed by atoms with Crippen molar-refractivity contribution in [2.24, 2.45) is 0 Å². The largest absolute Gasteiger partial charge is 0.367 e. The Labute approximate surface area is 161 Å². The maximum atomic E-state index is 12.7. The van der Waals surface area contributed by atoms with E-state index in [1.165, 1.54) is 5.56 Å². The summed E-state index contributed by atoms with van der Waals surface area (Å²) in [6.07, 6.45) is 6.17. The molecule has 2 aliphatic rings. The number of aromatic nitrogens is 4. The summed E-state index contributed by atoms with van der Waals surface area (Å²) in [5.74, 6) is 1.73. The van der Waals surface area contributed by atoms with Gasteiger partial charge in [-0.15, -0.1) is 5.10 Å². The molecule has 3 aromatic rings. The molecule has 6 nitrogen and oxygen atoms in total. The topological polar surface area (TPSA) is 75.6 Å². The molecule has 2 N–H and O–H groups in total. The van der Waals surface area contributed by atoms with Crippen LogP contribution in [0.4, 0.5) is 5.95 Å². The first kappa shape index (κ1) is 16.4. The number of carbonyl (C=O) groups excluding carboxylic acids is 1. The Hall–Kier alpha value is -2.80. The van der Waals surface area contributed by atoms with Crippen molar-refractivity contribution in [2.45, 2.75) is 36.2 Å². The van der Waals surface area contributed by atoms with Gasteiger partial charge in [0.1, 0.15) is 6.04 Å². The number of anilines is 1. The highest BCUT2D eigenvalue weighted by Crippen LogP contribution is 2.40. The lowest BCUT2D eigenvalue weighted by molar-refractivity contribution is -0.116. The van der Waals surface area contributed by atoms with Crippen LogP contribution in [0.2, 0.25) is 0 Å². The van der Waals surface area contributed by atoms with Crippen LogP contribution < -0.4 is 5.32 Å². The summed E-state index contributed by atoms with van der Waals surface area (Å²) in [4.78, 5) is 20.5. The fourth-order valence-corrected chi connectivity index (χ4v) is 4.52. The van der Waals surface area contributed by atoms with Crippen molar-refractivity contribution in [1.82, 2.24) is 19.7 Å². The molecule has 0 fully saturated rings. The van der Waals surface area contributed by atoms with Crippen molar-refractivity contribution in [2.75, 3.05) is 5.32 Å². The number of nitrogens with one attached hydrogen (secondary N) is 2. The van der Waals surface area contributed by atoms with E-state index in [2.05, 4.69) is 22.4 Å². The third kappa shape index (κ3) is 2.98. The lowest BCUT2D eigenvalue weighted by Gasteiger charge is -2.31. The van der Waals surface area contributed by atoms with Crippen LogP contribution in [-0.4, -0.2) is 25.5 Å². The highest BCUT2D eigenvalue weighted by Gasteiger charge is 2.36. The number of rotatable bonds is 4. The number of Topliss-reactive ketones (excluding diaryl/α,β-unsaturated/α-hetero) is 1. The van der Waals surface area contributed by atoms with Gasteiger partial charge in [-0.05, 0) is 30.0 Å². The summed E-state index contributed by atoms with van der Waals surface area (Å²) in [7, 11) is 0. The molecule has 1 aliphatic heterocycles. The quantitative estimate of drug-likeness (QED) is 0.674. The minimum Gasteiger partial charge on any atom is -0.367 e. The van der Waals surface area contributed by atoms with Gasteiger partial charge in [0.25, 0.3) is 0 Å². The predicted octanol–water partition coefficient (Wildman–Crippen LogP) is 3.92. The van der Waals surface area contributed by atoms with E-state index in [0.29, 0.717) is 17.5 Å². The van der Waals surface area contributed by atoms with Gasteiger partial charge in [0.2, 0.25) is 11.1 Å². The molecule has 27 heavy (non-hydrogen) atoms. The second-order valence-corrected chi connectivity index (χ2v) is 7.72. The Balaban J connectivity index is 1.50. The second-order valence-electron chi connectivity index (χ2n) is 6.78. The summed E-state index contributed by atoms with van der Waals surface area (Å²) in [5, 5.41) is 8.82. The van der Waals surface area contributed by atoms with Crippen LogP contribution in [-0.2, 0) is 10.5 Å². The van der Waals surface area contributed by atoms with Crippen molar-refractivity contribution in [3.63, 3.8) is 0 Å². The molecule has 0 saturated carbocycles. The molecule has 1 aromatic carbocycles. The molecule has 2 aromatic heterocycles. The number of hydrogen-bond acceptors (Lipinski definition) is 5. The van der Waals surface area contributed by atoms with Crippen molar-refractivity contribution >= 4 is 23.5 Å². The van der Waals surface area contributed by atoms with Crippen LogP contribution in [0.5, 0.6) is 0 Å². The van der Waals surface area contributed by atoms with Crippen LogP contribution in [0.15, 0.2) is 65.2 Å². The molecule has 1 atom stereocenters. The number of ketones is 1. The Morgan fingerprint density at radius 1 is 1.19 bits per heavy atom. The van der Waals surface area contributed by atoms with Gasteiger partial charge in [-0.1, -0.05) is 42.1 Å². The van der Waals surface area contributed by atoms with Gasteiger partial charge in [-0.2, -0.15) is 4.98 Å². The molecule has 7 heteroatoms. The molecule has 1 aliphatic carbocycles. The average molecular weight is 377 g/mol. The zero-order valence-electron chi connectivity index (χ0n) is 14.7. The van der Waals surface area contributed by atoms with Crippen LogP contribution in [0.25, 0.3) is 0 Å². The number of hydrogen-bond donors (Lipinski definition) is 2. The highest BCUT2D eigenvalue weighted by atomic mass is 32.2. The Kier molecular flexibility index (Phi) is 4.09. The van der Waals surface area contributed by atoms with Gasteiger partial charge < -0.3 is 10.3 Å². The second kappa shape index (κ2) is 6.74. The molecule has 0 radical (unpaired) electrons. The SMILES string of the molecule is O=C1CCCC2=C1C(c1cc[nH]c1)n1nc(SCc3ccccc3)nc1N2. The standard InChI is InChI=1S/C20H19N5OS/c26-16-8-4-7-15-17(16)18(14-9-10-21-11-14)25-19(22-15)23-20(24-25)27-12-13-5-2-1-3-6-13/h1-3,5-6,9-11,18,21H,4,7-8,12H2,(H,22,23,24). The fourth-order valence-electron chi connectivity index (χ4n) is 3.73. The summed E-state index contributed by atoms with van der Waals surface area (Å²) < 4.78 is 1.86. The molecule has 1 unspecified atom stereocenters. The van der Waals surface area contributed by atoms with Gasteiger partial charge in [-0.3, -0.25) is 4.79 Å². The third-order valence-corrected chi connectivity index (χ3v) is 5.91. The Morgan fingerprint density at radius 3 is 2.89 bits per heavy atom. The van der Waals surface area contributed by atoms with Crippen molar-refractivity contribution < 1.29 is 4.79 Å². The number of fused-ring (bicyclic) bond motifs is 1. The minimum atomic E-state index is -0.214. The average Bonchev–Trinajstić information content (AvgIpc) is 3.35. The molecule has 0 bridgehead atoms. The molecule has 0 spiro atoms. The monoisotopic (exact) mass is 377 g/mol. The number of allylic oxidation sites excluding steroid dienone is 2. The van der Waals surface area contributed by atoms with Gasteiger partial charge >= 0.3 is 0 Å². The predicted molar refractivity (Wildman–Crippen MR) is 104 cm³/mol. The first-order chi connectivity index (χ1) is 13.3. The van der Waals surface area contributed by atoms with Crippen LogP contribution in [0, 0.1) is 0 Å². The fraction of sp³-hybridized carbons (Fsp3) is 0.250. The number of benzene rings is 1. The van der Waals surface area contributed by atoms with E-state index in [-0.39, 0.29) is 11.8 Å². The number of carbonyl (C=O) groups is 1. The molecule has 3 heterocycles. The van der Waals surface area contributed by atoms with Crippen molar-refractivity contribution in [1.29, 1.82) is 0 Å². The van der Waals surface area contributed by atoms with Gasteiger partial charge in [0.15, 0.2) is 5.78 Å². The number of thioether (sulfide) groups is 1. The number of H-pyrrole nitrogens is 1. The smallest absolute Gasteiger partial charge is 0.227 e. The normalized spacial score (nSPS) is 18.8. The molecule has 0 amide bonds. The highest BCUT2D eigenvalue weighted by molar-refractivity contribution is 7.98. The van der Waals surface area contributed by atoms with Crippen LogP contribution in [0.3, 0.4) is 0 Å². The van der Waals surface area contributed by atoms with E-state index < -0.39 is 0 Å². The first-order valence-corrected chi connectivity index (χ1v) is 10.1. The molecular formula is C20H19N5OS. The lowest BCUT2D eigenvalue weighted by atomic mass is 9.86. The summed E-state index contributed by atoms with van der Waals surface area (Å²) in [5.41, 5.74) is 4.10. The Morgan fingerprint density at radius 2 is 2.07 bits per heavy atom. The summed E-state index contributed by atoms with van der Waals surface area (Å²) >= 11 is 1.61.